The van der Waals surface area contributed by atoms with E-state index in [1.54, 1.807) is 0 Å². The highest BCUT2D eigenvalue weighted by Gasteiger charge is 2.24. The molecule has 1 aliphatic rings. The van der Waals surface area contributed by atoms with Crippen LogP contribution in [0.3, 0.4) is 0 Å². The number of pyridine rings is 1. The highest BCUT2D eigenvalue weighted by Crippen LogP contribution is 2.19. The summed E-state index contributed by atoms with van der Waals surface area (Å²) >= 11 is 6.09. The Morgan fingerprint density at radius 1 is 1.10 bits per heavy atom. The van der Waals surface area contributed by atoms with Crippen LogP contribution in [0, 0.1) is 6.92 Å². The molecule has 3 heterocycles. The fraction of sp³-hybridized carbons (Fsp3) is 0.391. The summed E-state index contributed by atoms with van der Waals surface area (Å²) in [5.41, 5.74) is 4.55. The second-order valence-corrected chi connectivity index (χ2v) is 8.22. The van der Waals surface area contributed by atoms with Crippen molar-refractivity contribution in [2.45, 2.75) is 45.7 Å². The molecule has 1 N–H and O–H groups in total. The summed E-state index contributed by atoms with van der Waals surface area (Å²) in [5.74, 6) is 0.0489. The van der Waals surface area contributed by atoms with E-state index < -0.39 is 0 Å². The summed E-state index contributed by atoms with van der Waals surface area (Å²) in [6.45, 7) is 4.92. The lowest BCUT2D eigenvalue weighted by molar-refractivity contribution is 0.0755. The molecule has 5 nitrogen and oxygen atoms in total. The minimum atomic E-state index is 0.0489. The molecule has 0 unspecified atom stereocenters. The van der Waals surface area contributed by atoms with Crippen LogP contribution in [0.2, 0.25) is 5.02 Å². The number of fused-ring (bicyclic) bond motifs is 1. The third kappa shape index (κ3) is 4.62. The largest absolute Gasteiger partial charge is 0.337 e. The van der Waals surface area contributed by atoms with Gasteiger partial charge < -0.3 is 14.6 Å². The first-order valence-corrected chi connectivity index (χ1v) is 10.7. The van der Waals surface area contributed by atoms with Gasteiger partial charge >= 0.3 is 0 Å². The van der Waals surface area contributed by atoms with Crippen LogP contribution in [0.5, 0.6) is 0 Å². The van der Waals surface area contributed by atoms with Crippen molar-refractivity contribution in [1.82, 2.24) is 19.6 Å². The smallest absolute Gasteiger partial charge is 0.274 e. The molecule has 0 atom stereocenters. The van der Waals surface area contributed by atoms with Crippen LogP contribution < -0.4 is 5.32 Å². The Kier molecular flexibility index (Phi) is 6.16. The standard InChI is InChI=1S/C23H27ClN4O/c1-17-9-12-28-20(16-25-15-18-7-6-8-19(24)14-18)22(26-21(28)13-17)23(29)27-10-4-2-3-5-11-27/h6-9,12-14,25H,2-5,10-11,15-16H2,1H3. The van der Waals surface area contributed by atoms with Crippen LogP contribution in [0.15, 0.2) is 42.6 Å². The number of likely N-dealkylation sites (tertiary alicyclic amines) is 1. The van der Waals surface area contributed by atoms with Gasteiger partial charge in [-0.2, -0.15) is 0 Å². The number of benzene rings is 1. The molecule has 0 saturated carbocycles. The predicted molar refractivity (Wildman–Crippen MR) is 116 cm³/mol. The lowest BCUT2D eigenvalue weighted by Crippen LogP contribution is -2.33. The molecule has 1 aliphatic heterocycles. The van der Waals surface area contributed by atoms with Gasteiger partial charge in [0.15, 0.2) is 5.69 Å². The van der Waals surface area contributed by atoms with Crippen molar-refractivity contribution in [2.24, 2.45) is 0 Å². The highest BCUT2D eigenvalue weighted by atomic mass is 35.5. The van der Waals surface area contributed by atoms with Crippen molar-refractivity contribution in [2.75, 3.05) is 13.1 Å². The van der Waals surface area contributed by atoms with Gasteiger partial charge in [-0.15, -0.1) is 0 Å². The van der Waals surface area contributed by atoms with Gasteiger partial charge in [0.1, 0.15) is 5.65 Å². The van der Waals surface area contributed by atoms with Crippen molar-refractivity contribution in [3.05, 3.63) is 70.1 Å². The third-order valence-electron chi connectivity index (χ3n) is 5.49. The summed E-state index contributed by atoms with van der Waals surface area (Å²) < 4.78 is 2.03. The number of imidazole rings is 1. The van der Waals surface area contributed by atoms with Gasteiger partial charge in [0, 0.05) is 37.4 Å². The molecule has 0 aliphatic carbocycles. The average Bonchev–Trinajstić information content (AvgIpc) is 2.88. The fourth-order valence-corrected chi connectivity index (χ4v) is 4.15. The molecule has 6 heteroatoms. The monoisotopic (exact) mass is 410 g/mol. The van der Waals surface area contributed by atoms with Crippen molar-refractivity contribution < 1.29 is 4.79 Å². The number of halogens is 1. The number of aryl methyl sites for hydroxylation is 1. The number of nitrogens with zero attached hydrogens (tertiary/aromatic N) is 3. The van der Waals surface area contributed by atoms with Gasteiger partial charge in [0.2, 0.25) is 0 Å². The molecule has 1 aromatic carbocycles. The zero-order valence-electron chi connectivity index (χ0n) is 16.8. The van der Waals surface area contributed by atoms with Gasteiger partial charge in [-0.3, -0.25) is 4.79 Å². The Balaban J connectivity index is 1.60. The minimum absolute atomic E-state index is 0.0489. The number of hydrogen-bond acceptors (Lipinski definition) is 3. The topological polar surface area (TPSA) is 49.6 Å². The van der Waals surface area contributed by atoms with Crippen molar-refractivity contribution >= 4 is 23.2 Å². The van der Waals surface area contributed by atoms with Crippen LogP contribution in [0.25, 0.3) is 5.65 Å². The van der Waals surface area contributed by atoms with Crippen molar-refractivity contribution in [1.29, 1.82) is 0 Å². The van der Waals surface area contributed by atoms with Gasteiger partial charge in [-0.05, 0) is 55.2 Å². The van der Waals surface area contributed by atoms with E-state index >= 15 is 0 Å². The number of carbonyl (C=O) groups is 1. The van der Waals surface area contributed by atoms with Gasteiger partial charge in [0.25, 0.3) is 5.91 Å². The highest BCUT2D eigenvalue weighted by molar-refractivity contribution is 6.30. The normalized spacial score (nSPS) is 14.9. The molecule has 29 heavy (non-hydrogen) atoms. The first-order valence-electron chi connectivity index (χ1n) is 10.3. The van der Waals surface area contributed by atoms with Crippen molar-refractivity contribution in [3.63, 3.8) is 0 Å². The first-order chi connectivity index (χ1) is 14.1. The van der Waals surface area contributed by atoms with Crippen LogP contribution in [-0.4, -0.2) is 33.3 Å². The molecular weight excluding hydrogens is 384 g/mol. The molecule has 0 spiro atoms. The molecule has 4 rings (SSSR count). The van der Waals surface area contributed by atoms with E-state index in [2.05, 4.69) is 11.4 Å². The first kappa shape index (κ1) is 19.9. The third-order valence-corrected chi connectivity index (χ3v) is 5.72. The maximum atomic E-state index is 13.3. The number of rotatable bonds is 5. The number of aromatic nitrogens is 2. The van der Waals surface area contributed by atoms with E-state index in [1.807, 2.05) is 52.8 Å². The second-order valence-electron chi connectivity index (χ2n) is 7.78. The minimum Gasteiger partial charge on any atom is -0.337 e. The van der Waals surface area contributed by atoms with E-state index in [0.717, 1.165) is 53.4 Å². The molecule has 2 aromatic heterocycles. The maximum absolute atomic E-state index is 13.3. The lowest BCUT2D eigenvalue weighted by Gasteiger charge is -2.20. The SMILES string of the molecule is Cc1ccn2c(CNCc3cccc(Cl)c3)c(C(=O)N3CCCCCC3)nc2c1. The Morgan fingerprint density at radius 3 is 2.66 bits per heavy atom. The Labute approximate surface area is 176 Å². The number of amides is 1. The Hall–Kier alpha value is -2.37. The molecule has 1 amide bonds. The van der Waals surface area contributed by atoms with E-state index in [0.29, 0.717) is 18.8 Å². The van der Waals surface area contributed by atoms with Crippen LogP contribution in [0.1, 0.15) is 53.0 Å². The molecule has 0 bridgehead atoms. The summed E-state index contributed by atoms with van der Waals surface area (Å²) in [6, 6.07) is 11.9. The van der Waals surface area contributed by atoms with Crippen LogP contribution >= 0.6 is 11.6 Å². The zero-order valence-corrected chi connectivity index (χ0v) is 17.6. The zero-order chi connectivity index (χ0) is 20.2. The lowest BCUT2D eigenvalue weighted by atomic mass is 10.2. The molecule has 152 valence electrons. The van der Waals surface area contributed by atoms with E-state index in [-0.39, 0.29) is 5.91 Å². The predicted octanol–water partition coefficient (Wildman–Crippen LogP) is 4.60. The molecule has 1 saturated heterocycles. The van der Waals surface area contributed by atoms with Gasteiger partial charge in [0.05, 0.1) is 5.69 Å². The van der Waals surface area contributed by atoms with E-state index in [9.17, 15) is 4.79 Å². The Morgan fingerprint density at radius 2 is 1.90 bits per heavy atom. The molecule has 1 fully saturated rings. The van der Waals surface area contributed by atoms with Crippen LogP contribution in [-0.2, 0) is 13.1 Å². The van der Waals surface area contributed by atoms with E-state index in [4.69, 9.17) is 16.6 Å². The van der Waals surface area contributed by atoms with Crippen molar-refractivity contribution in [3.8, 4) is 0 Å². The molecule has 0 radical (unpaired) electrons. The number of hydrogen-bond donors (Lipinski definition) is 1. The average molecular weight is 411 g/mol. The molecular formula is C23H27ClN4O. The quantitative estimate of drug-likeness (QED) is 0.668. The maximum Gasteiger partial charge on any atom is 0.274 e. The fourth-order valence-electron chi connectivity index (χ4n) is 3.93. The van der Waals surface area contributed by atoms with Gasteiger partial charge in [-0.25, -0.2) is 4.98 Å². The number of carbonyl (C=O) groups excluding carboxylic acids is 1. The Bertz CT molecular complexity index is 1010. The van der Waals surface area contributed by atoms with Gasteiger partial charge in [-0.1, -0.05) is 36.6 Å². The molecule has 3 aromatic rings. The summed E-state index contributed by atoms with van der Waals surface area (Å²) in [7, 11) is 0. The second kappa shape index (κ2) is 8.97. The van der Waals surface area contributed by atoms with E-state index in [1.165, 1.54) is 12.8 Å². The summed E-state index contributed by atoms with van der Waals surface area (Å²) in [5, 5.41) is 4.19. The summed E-state index contributed by atoms with van der Waals surface area (Å²) in [4.78, 5) is 20.0. The number of nitrogens with one attached hydrogen (secondary N) is 1. The summed E-state index contributed by atoms with van der Waals surface area (Å²) in [6.07, 6.45) is 6.54. The van der Waals surface area contributed by atoms with Crippen LogP contribution in [0.4, 0.5) is 0 Å².